The van der Waals surface area contributed by atoms with E-state index in [2.05, 4.69) is 5.32 Å². The average molecular weight is 316 g/mol. The Balaban J connectivity index is 1.55. The van der Waals surface area contributed by atoms with Gasteiger partial charge in [0, 0.05) is 23.4 Å². The lowest BCUT2D eigenvalue weighted by molar-refractivity contribution is 0.0290. The summed E-state index contributed by atoms with van der Waals surface area (Å²) in [6, 6.07) is 7.61. The molecule has 1 aliphatic heterocycles. The number of thioether (sulfide) groups is 1. The SMILES string of the molecule is OC(CNCC1CCCS1)COCc1ccccc1Cl. The third-order valence-electron chi connectivity index (χ3n) is 3.30. The molecule has 3 nitrogen and oxygen atoms in total. The van der Waals surface area contributed by atoms with Crippen LogP contribution in [0.2, 0.25) is 5.02 Å². The summed E-state index contributed by atoms with van der Waals surface area (Å²) in [7, 11) is 0. The Labute approximate surface area is 130 Å². The molecular formula is C15H22ClNO2S. The molecule has 1 aliphatic rings. The summed E-state index contributed by atoms with van der Waals surface area (Å²) in [4.78, 5) is 0. The number of rotatable bonds is 8. The van der Waals surface area contributed by atoms with Gasteiger partial charge in [0.2, 0.25) is 0 Å². The molecule has 0 radical (unpaired) electrons. The van der Waals surface area contributed by atoms with Crippen molar-refractivity contribution < 1.29 is 9.84 Å². The van der Waals surface area contributed by atoms with E-state index in [0.717, 1.165) is 12.1 Å². The number of hydrogen-bond donors (Lipinski definition) is 2. The Morgan fingerprint density at radius 1 is 1.45 bits per heavy atom. The quantitative estimate of drug-likeness (QED) is 0.774. The molecule has 1 heterocycles. The predicted octanol–water partition coefficient (Wildman–Crippen LogP) is 2.70. The summed E-state index contributed by atoms with van der Waals surface area (Å²) in [5.74, 6) is 1.27. The van der Waals surface area contributed by atoms with Crippen molar-refractivity contribution in [2.45, 2.75) is 30.8 Å². The minimum absolute atomic E-state index is 0.329. The van der Waals surface area contributed by atoms with Gasteiger partial charge in [-0.15, -0.1) is 0 Å². The largest absolute Gasteiger partial charge is 0.389 e. The van der Waals surface area contributed by atoms with Crippen molar-refractivity contribution in [3.05, 3.63) is 34.9 Å². The van der Waals surface area contributed by atoms with Crippen molar-refractivity contribution in [1.29, 1.82) is 0 Å². The van der Waals surface area contributed by atoms with Crippen molar-refractivity contribution in [3.8, 4) is 0 Å². The summed E-state index contributed by atoms with van der Waals surface area (Å²) in [6.45, 7) is 2.33. The van der Waals surface area contributed by atoms with Gasteiger partial charge in [-0.05, 0) is 30.2 Å². The highest BCUT2D eigenvalue weighted by atomic mass is 35.5. The second kappa shape index (κ2) is 8.90. The first-order valence-corrected chi connectivity index (χ1v) is 8.50. The van der Waals surface area contributed by atoms with Gasteiger partial charge in [0.1, 0.15) is 0 Å². The minimum atomic E-state index is -0.469. The topological polar surface area (TPSA) is 41.5 Å². The molecule has 1 fully saturated rings. The molecule has 1 aromatic rings. The van der Waals surface area contributed by atoms with Crippen LogP contribution in [0.25, 0.3) is 0 Å². The van der Waals surface area contributed by atoms with Crippen LogP contribution in [0.4, 0.5) is 0 Å². The van der Waals surface area contributed by atoms with E-state index in [1.54, 1.807) is 0 Å². The van der Waals surface area contributed by atoms with Gasteiger partial charge in [0.15, 0.2) is 0 Å². The molecule has 2 atom stereocenters. The number of hydrogen-bond acceptors (Lipinski definition) is 4. The van der Waals surface area contributed by atoms with Gasteiger partial charge >= 0.3 is 0 Å². The van der Waals surface area contributed by atoms with E-state index in [-0.39, 0.29) is 0 Å². The molecule has 20 heavy (non-hydrogen) atoms. The van der Waals surface area contributed by atoms with E-state index in [1.807, 2.05) is 36.0 Å². The first kappa shape index (κ1) is 16.1. The van der Waals surface area contributed by atoms with Crippen molar-refractivity contribution in [1.82, 2.24) is 5.32 Å². The Morgan fingerprint density at radius 2 is 2.30 bits per heavy atom. The van der Waals surface area contributed by atoms with E-state index in [9.17, 15) is 5.11 Å². The molecule has 0 saturated carbocycles. The second-order valence-corrected chi connectivity index (χ2v) is 6.87. The van der Waals surface area contributed by atoms with Gasteiger partial charge in [-0.1, -0.05) is 29.8 Å². The lowest BCUT2D eigenvalue weighted by atomic mass is 10.2. The smallest absolute Gasteiger partial charge is 0.0897 e. The van der Waals surface area contributed by atoms with Crippen LogP contribution in [0.5, 0.6) is 0 Å². The molecule has 2 unspecified atom stereocenters. The third kappa shape index (κ3) is 5.62. The molecule has 112 valence electrons. The van der Waals surface area contributed by atoms with Gasteiger partial charge < -0.3 is 15.2 Å². The summed E-state index contributed by atoms with van der Waals surface area (Å²) >= 11 is 8.06. The second-order valence-electron chi connectivity index (χ2n) is 5.05. The molecule has 5 heteroatoms. The molecule has 0 aliphatic carbocycles. The highest BCUT2D eigenvalue weighted by Gasteiger charge is 2.15. The highest BCUT2D eigenvalue weighted by molar-refractivity contribution is 8.00. The van der Waals surface area contributed by atoms with Crippen LogP contribution in [0, 0.1) is 0 Å². The summed E-state index contributed by atoms with van der Waals surface area (Å²) in [5, 5.41) is 14.6. The first-order valence-electron chi connectivity index (χ1n) is 7.07. The molecular weight excluding hydrogens is 294 g/mol. The van der Waals surface area contributed by atoms with E-state index in [4.69, 9.17) is 16.3 Å². The van der Waals surface area contributed by atoms with Crippen LogP contribution in [-0.4, -0.2) is 41.9 Å². The van der Waals surface area contributed by atoms with Crippen molar-refractivity contribution in [3.63, 3.8) is 0 Å². The fourth-order valence-electron chi connectivity index (χ4n) is 2.20. The Kier molecular flexibility index (Phi) is 7.17. The monoisotopic (exact) mass is 315 g/mol. The van der Waals surface area contributed by atoms with E-state index >= 15 is 0 Å². The average Bonchev–Trinajstić information content (AvgIpc) is 2.94. The minimum Gasteiger partial charge on any atom is -0.389 e. The number of halogens is 1. The summed E-state index contributed by atoms with van der Waals surface area (Å²) in [6.07, 6.45) is 2.14. The number of aliphatic hydroxyl groups is 1. The zero-order valence-corrected chi connectivity index (χ0v) is 13.1. The molecule has 0 aromatic heterocycles. The van der Waals surface area contributed by atoms with E-state index in [0.29, 0.717) is 30.0 Å². The molecule has 0 bridgehead atoms. The van der Waals surface area contributed by atoms with Crippen LogP contribution < -0.4 is 5.32 Å². The lowest BCUT2D eigenvalue weighted by Gasteiger charge is -2.15. The number of nitrogens with one attached hydrogen (secondary N) is 1. The summed E-state index contributed by atoms with van der Waals surface area (Å²) in [5.41, 5.74) is 0.955. The maximum absolute atomic E-state index is 9.84. The number of benzene rings is 1. The van der Waals surface area contributed by atoms with Crippen LogP contribution in [-0.2, 0) is 11.3 Å². The lowest BCUT2D eigenvalue weighted by Crippen LogP contribution is -2.33. The summed E-state index contributed by atoms with van der Waals surface area (Å²) < 4.78 is 5.51. The van der Waals surface area contributed by atoms with Crippen LogP contribution in [0.15, 0.2) is 24.3 Å². The van der Waals surface area contributed by atoms with Crippen molar-refractivity contribution >= 4 is 23.4 Å². The highest BCUT2D eigenvalue weighted by Crippen LogP contribution is 2.25. The molecule has 1 saturated heterocycles. The Hall–Kier alpha value is -0.260. The van der Waals surface area contributed by atoms with Gasteiger partial charge in [0.05, 0.1) is 19.3 Å². The Bertz CT molecular complexity index is 399. The number of aliphatic hydroxyl groups excluding tert-OH is 1. The fraction of sp³-hybridized carbons (Fsp3) is 0.600. The maximum atomic E-state index is 9.84. The molecule has 2 N–H and O–H groups in total. The van der Waals surface area contributed by atoms with Gasteiger partial charge in [0.25, 0.3) is 0 Å². The van der Waals surface area contributed by atoms with E-state index < -0.39 is 6.10 Å². The molecule has 0 amide bonds. The van der Waals surface area contributed by atoms with Crippen LogP contribution in [0.3, 0.4) is 0 Å². The zero-order chi connectivity index (χ0) is 14.2. The predicted molar refractivity (Wildman–Crippen MR) is 85.5 cm³/mol. The van der Waals surface area contributed by atoms with Gasteiger partial charge in [-0.3, -0.25) is 0 Å². The van der Waals surface area contributed by atoms with Gasteiger partial charge in [-0.2, -0.15) is 11.8 Å². The van der Waals surface area contributed by atoms with Crippen LogP contribution in [0.1, 0.15) is 18.4 Å². The standard InChI is InChI=1S/C15H22ClNO2S/c16-15-6-2-1-4-12(15)10-19-11-13(18)8-17-9-14-5-3-7-20-14/h1-2,4,6,13-14,17-18H,3,5,7-11H2. The molecule has 0 spiro atoms. The maximum Gasteiger partial charge on any atom is 0.0897 e. The van der Waals surface area contributed by atoms with Crippen molar-refractivity contribution in [2.75, 3.05) is 25.4 Å². The van der Waals surface area contributed by atoms with Gasteiger partial charge in [-0.25, -0.2) is 0 Å². The molecule has 2 rings (SSSR count). The third-order valence-corrected chi connectivity index (χ3v) is 5.07. The van der Waals surface area contributed by atoms with Crippen molar-refractivity contribution in [2.24, 2.45) is 0 Å². The number of ether oxygens (including phenoxy) is 1. The fourth-order valence-corrected chi connectivity index (χ4v) is 3.62. The van der Waals surface area contributed by atoms with E-state index in [1.165, 1.54) is 18.6 Å². The zero-order valence-electron chi connectivity index (χ0n) is 11.6. The normalized spacial score (nSPS) is 20.2. The Morgan fingerprint density at radius 3 is 3.05 bits per heavy atom. The first-order chi connectivity index (χ1) is 9.75. The van der Waals surface area contributed by atoms with Crippen LogP contribution >= 0.6 is 23.4 Å². The molecule has 1 aromatic carbocycles.